The number of ether oxygens (including phenoxy) is 1. The molecule has 0 saturated carbocycles. The van der Waals surface area contributed by atoms with E-state index < -0.39 is 11.2 Å². The number of rotatable bonds is 22. The van der Waals surface area contributed by atoms with Crippen molar-refractivity contribution >= 4 is 24.8 Å². The van der Waals surface area contributed by atoms with Gasteiger partial charge in [-0.25, -0.2) is 0 Å². The molecule has 6 rings (SSSR count). The zero-order valence-corrected chi connectivity index (χ0v) is 47.5. The van der Waals surface area contributed by atoms with Gasteiger partial charge in [0.1, 0.15) is 6.61 Å². The van der Waals surface area contributed by atoms with Gasteiger partial charge < -0.3 is 14.9 Å². The highest BCUT2D eigenvalue weighted by Crippen LogP contribution is 2.42. The fraction of sp³-hybridized carbons (Fsp3) is 0.391. The first kappa shape index (κ1) is 61.1. The van der Waals surface area contributed by atoms with Crippen LogP contribution in [0.2, 0.25) is 0 Å². The van der Waals surface area contributed by atoms with Crippen LogP contribution in [0, 0.1) is 27.7 Å². The van der Waals surface area contributed by atoms with Gasteiger partial charge in [0, 0.05) is 10.8 Å². The standard InChI is InChI=1S/C34H42O3.C34H44O.CO2/c1-7-33(36,8-2)20-19-27-13-18-32(21-26(27)6)34(9-3,10-4)31-16-14-28(15-17-31)29-12-11-25(5)30(22-29)23-37-24-35;1-8-27-24-30(14-13-25(27)6)29-16-18-31(19-17-29)34(11-4,12-5)32-20-15-28(26(7)23-32)21-22-33(35,9-2)10-3;2-1-3/h11-22,24,36H,7-10,23H2,1-6H3;13-24,35H,8-12H2,1-7H3;/b20-19+;22-21+;. The van der Waals surface area contributed by atoms with Crippen LogP contribution in [0.4, 0.5) is 0 Å². The average molecular weight is 1010 g/mol. The van der Waals surface area contributed by atoms with Crippen molar-refractivity contribution in [3.8, 4) is 22.3 Å². The van der Waals surface area contributed by atoms with Gasteiger partial charge in [-0.15, -0.1) is 0 Å². The molecule has 6 heteroatoms. The monoisotopic (exact) mass is 1010 g/mol. The summed E-state index contributed by atoms with van der Waals surface area (Å²) in [5.41, 5.74) is 18.4. The minimum atomic E-state index is -0.747. The van der Waals surface area contributed by atoms with Crippen molar-refractivity contribution in [1.82, 2.24) is 0 Å². The molecule has 75 heavy (non-hydrogen) atoms. The predicted octanol–water partition coefficient (Wildman–Crippen LogP) is 16.9. The maximum absolute atomic E-state index is 10.7. The van der Waals surface area contributed by atoms with Crippen LogP contribution in [0.25, 0.3) is 34.4 Å². The molecule has 0 atom stereocenters. The Balaban J connectivity index is 0.000000309. The minimum absolute atomic E-state index is 0.0129. The van der Waals surface area contributed by atoms with Crippen molar-refractivity contribution in [3.05, 3.63) is 200 Å². The Labute approximate surface area is 451 Å². The van der Waals surface area contributed by atoms with Crippen LogP contribution in [0.5, 0.6) is 0 Å². The molecule has 6 aromatic rings. The normalized spacial score (nSPS) is 11.9. The molecule has 0 heterocycles. The van der Waals surface area contributed by atoms with Gasteiger partial charge in [0.25, 0.3) is 6.47 Å². The number of carbonyl (C=O) groups is 1. The highest BCUT2D eigenvalue weighted by molar-refractivity contribution is 5.68. The Morgan fingerprint density at radius 3 is 1.08 bits per heavy atom. The SMILES string of the molecule is CCC(O)(/C=C/c1ccc(C(CC)(CC)c2ccc(-c3ccc(C)c(COC=O)c3)cc2)cc1C)CC.CCc1cc(-c2ccc(C(CC)(CC)c3ccc(/C=C/C(O)(CC)CC)c(C)c3)cc2)ccc1C.O=C=O. The van der Waals surface area contributed by atoms with Crippen LogP contribution < -0.4 is 0 Å². The molecule has 0 bridgehead atoms. The van der Waals surface area contributed by atoms with E-state index in [1.165, 1.54) is 61.2 Å². The Morgan fingerprint density at radius 2 is 0.760 bits per heavy atom. The second-order valence-electron chi connectivity index (χ2n) is 20.3. The first-order valence-electron chi connectivity index (χ1n) is 27.4. The molecule has 6 aromatic carbocycles. The highest BCUT2D eigenvalue weighted by Gasteiger charge is 2.32. The topological polar surface area (TPSA) is 101 Å². The summed E-state index contributed by atoms with van der Waals surface area (Å²) >= 11 is 0. The van der Waals surface area contributed by atoms with E-state index in [0.717, 1.165) is 72.8 Å². The van der Waals surface area contributed by atoms with E-state index >= 15 is 0 Å². The summed E-state index contributed by atoms with van der Waals surface area (Å²) in [4.78, 5) is 26.9. The Morgan fingerprint density at radius 1 is 0.427 bits per heavy atom. The summed E-state index contributed by atoms with van der Waals surface area (Å²) in [7, 11) is 0. The van der Waals surface area contributed by atoms with Crippen LogP contribution >= 0.6 is 0 Å². The molecule has 6 nitrogen and oxygen atoms in total. The van der Waals surface area contributed by atoms with Crippen molar-refractivity contribution in [2.75, 3.05) is 0 Å². The van der Waals surface area contributed by atoms with Gasteiger partial charge >= 0.3 is 6.15 Å². The third kappa shape index (κ3) is 14.9. The Kier molecular flexibility index (Phi) is 23.2. The molecule has 2 N–H and O–H groups in total. The molecule has 0 aromatic heterocycles. The molecule has 0 saturated heterocycles. The molecule has 0 amide bonds. The van der Waals surface area contributed by atoms with E-state index in [0.29, 0.717) is 19.3 Å². The van der Waals surface area contributed by atoms with Crippen molar-refractivity contribution < 1.29 is 29.3 Å². The van der Waals surface area contributed by atoms with Gasteiger partial charge in [0.15, 0.2) is 0 Å². The summed E-state index contributed by atoms with van der Waals surface area (Å²) in [6, 6.07) is 44.9. The Bertz CT molecular complexity index is 2840. The van der Waals surface area contributed by atoms with Crippen molar-refractivity contribution in [2.24, 2.45) is 0 Å². The Hall–Kier alpha value is -6.43. The number of aryl methyl sites for hydroxylation is 5. The molecular weight excluding hydrogens is 925 g/mol. The summed E-state index contributed by atoms with van der Waals surface area (Å²) in [5.74, 6) is 0. The van der Waals surface area contributed by atoms with E-state index in [4.69, 9.17) is 14.3 Å². The van der Waals surface area contributed by atoms with Crippen molar-refractivity contribution in [3.63, 3.8) is 0 Å². The number of aliphatic hydroxyl groups is 2. The molecule has 0 aliphatic rings. The van der Waals surface area contributed by atoms with Gasteiger partial charge in [0.05, 0.1) is 11.2 Å². The van der Waals surface area contributed by atoms with Crippen LogP contribution in [0.1, 0.15) is 180 Å². The molecule has 398 valence electrons. The van der Waals surface area contributed by atoms with Gasteiger partial charge in [-0.05, 0) is 181 Å². The second kappa shape index (κ2) is 28.5. The summed E-state index contributed by atoms with van der Waals surface area (Å²) in [6.45, 7) is 28.8. The largest absolute Gasteiger partial charge is 0.463 e. The average Bonchev–Trinajstić information content (AvgIpc) is 3.44. The van der Waals surface area contributed by atoms with Crippen LogP contribution in [-0.4, -0.2) is 34.0 Å². The van der Waals surface area contributed by atoms with Crippen molar-refractivity contribution in [2.45, 2.75) is 176 Å². The second-order valence-corrected chi connectivity index (χ2v) is 20.3. The summed E-state index contributed by atoms with van der Waals surface area (Å²) in [5, 5.41) is 21.3. The lowest BCUT2D eigenvalue weighted by atomic mass is 9.70. The molecule has 0 radical (unpaired) electrons. The first-order valence-corrected chi connectivity index (χ1v) is 27.4. The molecular formula is C69H86O6. The zero-order chi connectivity index (χ0) is 55.4. The van der Waals surface area contributed by atoms with Gasteiger partial charge in [-0.3, -0.25) is 4.79 Å². The van der Waals surface area contributed by atoms with Gasteiger partial charge in [-0.2, -0.15) is 9.59 Å². The molecule has 0 fully saturated rings. The number of carbonyl (C=O) groups excluding carboxylic acids is 3. The third-order valence-electron chi connectivity index (χ3n) is 16.6. The number of hydrogen-bond donors (Lipinski definition) is 2. The lowest BCUT2D eigenvalue weighted by molar-refractivity contribution is -0.191. The molecule has 0 aliphatic carbocycles. The van der Waals surface area contributed by atoms with E-state index in [1.54, 1.807) is 0 Å². The summed E-state index contributed by atoms with van der Waals surface area (Å²) < 4.78 is 5.00. The molecule has 0 aliphatic heterocycles. The van der Waals surface area contributed by atoms with E-state index in [2.05, 4.69) is 189 Å². The fourth-order valence-electron chi connectivity index (χ4n) is 10.6. The number of benzene rings is 6. The predicted molar refractivity (Wildman–Crippen MR) is 313 cm³/mol. The van der Waals surface area contributed by atoms with E-state index in [9.17, 15) is 15.0 Å². The van der Waals surface area contributed by atoms with Crippen LogP contribution in [-0.2, 0) is 43.0 Å². The molecule has 0 unspecified atom stereocenters. The van der Waals surface area contributed by atoms with Crippen LogP contribution in [0.15, 0.2) is 133 Å². The van der Waals surface area contributed by atoms with Gasteiger partial charge in [0.2, 0.25) is 0 Å². The number of hydrogen-bond acceptors (Lipinski definition) is 6. The van der Waals surface area contributed by atoms with Crippen molar-refractivity contribution in [1.29, 1.82) is 0 Å². The van der Waals surface area contributed by atoms with Gasteiger partial charge in [-0.1, -0.05) is 202 Å². The zero-order valence-electron chi connectivity index (χ0n) is 47.5. The van der Waals surface area contributed by atoms with E-state index in [-0.39, 0.29) is 23.6 Å². The fourth-order valence-corrected chi connectivity index (χ4v) is 10.6. The lowest BCUT2D eigenvalue weighted by Crippen LogP contribution is -2.26. The quantitative estimate of drug-likeness (QED) is 0.0657. The minimum Gasteiger partial charge on any atom is -0.463 e. The maximum atomic E-state index is 10.7. The maximum Gasteiger partial charge on any atom is 0.373 e. The summed E-state index contributed by atoms with van der Waals surface area (Å²) in [6.07, 6.45) is 16.3. The van der Waals surface area contributed by atoms with E-state index in [1.807, 2.05) is 46.8 Å². The lowest BCUT2D eigenvalue weighted by Gasteiger charge is -2.34. The third-order valence-corrected chi connectivity index (χ3v) is 16.6. The van der Waals surface area contributed by atoms with Crippen LogP contribution in [0.3, 0.4) is 0 Å². The smallest absolute Gasteiger partial charge is 0.373 e. The first-order chi connectivity index (χ1) is 35.9. The molecule has 0 spiro atoms. The highest BCUT2D eigenvalue weighted by atomic mass is 16.5.